The first-order chi connectivity index (χ1) is 9.51. The van der Waals surface area contributed by atoms with Gasteiger partial charge in [-0.15, -0.1) is 0 Å². The van der Waals surface area contributed by atoms with Crippen LogP contribution >= 0.6 is 0 Å². The molecule has 0 bridgehead atoms. The predicted octanol–water partition coefficient (Wildman–Crippen LogP) is 0.960. The quantitative estimate of drug-likeness (QED) is 0.722. The lowest BCUT2D eigenvalue weighted by atomic mass is 9.93. The summed E-state index contributed by atoms with van der Waals surface area (Å²) in [5.41, 5.74) is 7.32. The fraction of sp³-hybridized carbons (Fsp3) is 0.429. The highest BCUT2D eigenvalue weighted by Crippen LogP contribution is 2.22. The third-order valence-corrected chi connectivity index (χ3v) is 3.06. The summed E-state index contributed by atoms with van der Waals surface area (Å²) >= 11 is 0. The Balaban J connectivity index is 2.97. The third-order valence-electron chi connectivity index (χ3n) is 3.06. The van der Waals surface area contributed by atoms with Crippen molar-refractivity contribution in [3.05, 3.63) is 29.3 Å². The summed E-state index contributed by atoms with van der Waals surface area (Å²) in [6, 6.07) is 5.33. The van der Waals surface area contributed by atoms with E-state index in [4.69, 9.17) is 15.6 Å². The van der Waals surface area contributed by atoms with Gasteiger partial charge >= 0.3 is 11.9 Å². The lowest BCUT2D eigenvalue weighted by Gasteiger charge is -2.15. The molecule has 1 aromatic carbocycles. The van der Waals surface area contributed by atoms with Crippen LogP contribution < -0.4 is 10.5 Å². The number of nitrogens with two attached hydrogens (primary N) is 1. The summed E-state index contributed by atoms with van der Waals surface area (Å²) in [4.78, 5) is 22.5. The van der Waals surface area contributed by atoms with Gasteiger partial charge in [0.2, 0.25) is 0 Å². The summed E-state index contributed by atoms with van der Waals surface area (Å²) < 4.78 is 9.75. The molecule has 0 radical (unpaired) electrons. The topological polar surface area (TPSA) is 98.9 Å². The molecule has 0 heterocycles. The maximum Gasteiger partial charge on any atom is 0.309 e. The molecule has 110 valence electrons. The molecule has 0 aromatic heterocycles. The maximum atomic E-state index is 11.6. The molecule has 1 rings (SSSR count). The van der Waals surface area contributed by atoms with E-state index in [-0.39, 0.29) is 19.4 Å². The van der Waals surface area contributed by atoms with E-state index in [0.717, 1.165) is 11.1 Å². The van der Waals surface area contributed by atoms with E-state index in [1.807, 2.05) is 0 Å². The van der Waals surface area contributed by atoms with Crippen molar-refractivity contribution in [1.29, 1.82) is 0 Å². The molecule has 3 N–H and O–H groups in total. The summed E-state index contributed by atoms with van der Waals surface area (Å²) in [6.07, 6.45) is -0.00177. The molecule has 1 unspecified atom stereocenters. The molecular formula is C14H19NO5. The van der Waals surface area contributed by atoms with Crippen LogP contribution in [0.2, 0.25) is 0 Å². The van der Waals surface area contributed by atoms with E-state index in [0.29, 0.717) is 5.75 Å². The molecular weight excluding hydrogens is 262 g/mol. The average molecular weight is 281 g/mol. The summed E-state index contributed by atoms with van der Waals surface area (Å²) in [7, 11) is 2.80. The van der Waals surface area contributed by atoms with Crippen molar-refractivity contribution in [2.24, 2.45) is 11.7 Å². The molecule has 0 aliphatic carbocycles. The average Bonchev–Trinajstić information content (AvgIpc) is 2.45. The van der Waals surface area contributed by atoms with E-state index < -0.39 is 17.9 Å². The van der Waals surface area contributed by atoms with E-state index in [1.54, 1.807) is 25.3 Å². The van der Waals surface area contributed by atoms with Gasteiger partial charge in [-0.05, 0) is 29.7 Å². The molecule has 0 saturated carbocycles. The molecule has 1 atom stereocenters. The van der Waals surface area contributed by atoms with Gasteiger partial charge in [-0.25, -0.2) is 0 Å². The van der Waals surface area contributed by atoms with Crippen LogP contribution in [0.15, 0.2) is 18.2 Å². The van der Waals surface area contributed by atoms with Crippen LogP contribution in [0, 0.1) is 5.92 Å². The Kier molecular flexibility index (Phi) is 5.99. The summed E-state index contributed by atoms with van der Waals surface area (Å²) in [5, 5.41) is 8.86. The fourth-order valence-corrected chi connectivity index (χ4v) is 2.00. The second kappa shape index (κ2) is 7.49. The van der Waals surface area contributed by atoms with Crippen LogP contribution in [0.1, 0.15) is 17.5 Å². The van der Waals surface area contributed by atoms with Crippen LogP contribution in [-0.2, 0) is 27.3 Å². The number of rotatable bonds is 7. The second-order valence-electron chi connectivity index (χ2n) is 4.36. The minimum atomic E-state index is -1.04. The molecule has 6 nitrogen and oxygen atoms in total. The highest BCUT2D eigenvalue weighted by Gasteiger charge is 2.23. The summed E-state index contributed by atoms with van der Waals surface area (Å²) in [6.45, 7) is 0.285. The first-order valence-corrected chi connectivity index (χ1v) is 6.17. The minimum Gasteiger partial charge on any atom is -0.497 e. The number of hydrogen-bond donors (Lipinski definition) is 2. The van der Waals surface area contributed by atoms with E-state index >= 15 is 0 Å². The summed E-state index contributed by atoms with van der Waals surface area (Å²) in [5.74, 6) is -1.63. The van der Waals surface area contributed by atoms with Gasteiger partial charge in [-0.1, -0.05) is 6.07 Å². The first-order valence-electron chi connectivity index (χ1n) is 6.17. The Morgan fingerprint density at radius 1 is 1.30 bits per heavy atom. The molecule has 0 aliphatic rings. The maximum absolute atomic E-state index is 11.6. The molecule has 0 fully saturated rings. The molecule has 1 aromatic rings. The number of ether oxygens (including phenoxy) is 2. The number of carbonyl (C=O) groups excluding carboxylic acids is 1. The number of esters is 1. The standard InChI is InChI=1S/C14H19NO5/c1-19-12-4-3-9(11(6-12)8-15)5-10(7-13(16)17)14(18)20-2/h3-4,6,10H,5,7-8,15H2,1-2H3,(H,16,17). The van der Waals surface area contributed by atoms with Crippen molar-refractivity contribution >= 4 is 11.9 Å². The fourth-order valence-electron chi connectivity index (χ4n) is 2.00. The van der Waals surface area contributed by atoms with Gasteiger partial charge in [0.25, 0.3) is 0 Å². The molecule has 0 spiro atoms. The van der Waals surface area contributed by atoms with Gasteiger partial charge in [-0.3, -0.25) is 9.59 Å². The van der Waals surface area contributed by atoms with Crippen LogP contribution in [0.3, 0.4) is 0 Å². The van der Waals surface area contributed by atoms with E-state index in [2.05, 4.69) is 4.74 Å². The van der Waals surface area contributed by atoms with Crippen molar-refractivity contribution in [3.8, 4) is 5.75 Å². The highest BCUT2D eigenvalue weighted by atomic mass is 16.5. The molecule has 0 aliphatic heterocycles. The normalized spacial score (nSPS) is 11.8. The Bertz CT molecular complexity index is 486. The van der Waals surface area contributed by atoms with Crippen LogP contribution in [0.5, 0.6) is 5.75 Å². The van der Waals surface area contributed by atoms with Crippen molar-refractivity contribution in [2.75, 3.05) is 14.2 Å². The van der Waals surface area contributed by atoms with Gasteiger partial charge in [0.15, 0.2) is 0 Å². The molecule has 0 saturated heterocycles. The van der Waals surface area contributed by atoms with Gasteiger partial charge in [0.1, 0.15) is 5.75 Å². The Hall–Kier alpha value is -2.08. The SMILES string of the molecule is COC(=O)C(CC(=O)O)Cc1ccc(OC)cc1CN. The van der Waals surface area contributed by atoms with Crippen LogP contribution in [-0.4, -0.2) is 31.3 Å². The number of carboxylic acid groups (broad SMARTS) is 1. The zero-order valence-corrected chi connectivity index (χ0v) is 11.6. The van der Waals surface area contributed by atoms with Crippen LogP contribution in [0.4, 0.5) is 0 Å². The van der Waals surface area contributed by atoms with E-state index in [9.17, 15) is 9.59 Å². The third kappa shape index (κ3) is 4.24. The smallest absolute Gasteiger partial charge is 0.309 e. The van der Waals surface area contributed by atoms with Gasteiger partial charge in [0, 0.05) is 6.54 Å². The number of methoxy groups -OCH3 is 2. The van der Waals surface area contributed by atoms with E-state index in [1.165, 1.54) is 7.11 Å². The number of aliphatic carboxylic acids is 1. The lowest BCUT2D eigenvalue weighted by Crippen LogP contribution is -2.22. The van der Waals surface area contributed by atoms with Crippen molar-refractivity contribution in [1.82, 2.24) is 0 Å². The molecule has 6 heteroatoms. The predicted molar refractivity (Wildman–Crippen MR) is 72.3 cm³/mol. The second-order valence-corrected chi connectivity index (χ2v) is 4.36. The minimum absolute atomic E-state index is 0.273. The number of carboxylic acids is 1. The van der Waals surface area contributed by atoms with Crippen molar-refractivity contribution < 1.29 is 24.2 Å². The highest BCUT2D eigenvalue weighted by molar-refractivity contribution is 5.79. The molecule has 0 amide bonds. The van der Waals surface area contributed by atoms with Gasteiger partial charge < -0.3 is 20.3 Å². The van der Waals surface area contributed by atoms with Crippen molar-refractivity contribution in [2.45, 2.75) is 19.4 Å². The largest absolute Gasteiger partial charge is 0.497 e. The van der Waals surface area contributed by atoms with Gasteiger partial charge in [-0.2, -0.15) is 0 Å². The molecule has 20 heavy (non-hydrogen) atoms. The number of benzene rings is 1. The lowest BCUT2D eigenvalue weighted by molar-refractivity contribution is -0.150. The van der Waals surface area contributed by atoms with Gasteiger partial charge in [0.05, 0.1) is 26.6 Å². The number of hydrogen-bond acceptors (Lipinski definition) is 5. The Labute approximate surface area is 117 Å². The van der Waals surface area contributed by atoms with Crippen molar-refractivity contribution in [3.63, 3.8) is 0 Å². The van der Waals surface area contributed by atoms with Crippen LogP contribution in [0.25, 0.3) is 0 Å². The Morgan fingerprint density at radius 3 is 2.50 bits per heavy atom. The number of carbonyl (C=O) groups is 2. The zero-order chi connectivity index (χ0) is 15.1. The monoisotopic (exact) mass is 281 g/mol. The Morgan fingerprint density at radius 2 is 2.00 bits per heavy atom. The first kappa shape index (κ1) is 16.0. The zero-order valence-electron chi connectivity index (χ0n) is 11.6.